The van der Waals surface area contributed by atoms with E-state index in [1.54, 1.807) is 0 Å². The molecule has 0 aliphatic heterocycles. The van der Waals surface area contributed by atoms with Gasteiger partial charge in [-0.15, -0.1) is 11.8 Å². The van der Waals surface area contributed by atoms with E-state index in [0.29, 0.717) is 0 Å². The van der Waals surface area contributed by atoms with Crippen molar-refractivity contribution in [1.82, 2.24) is 10.3 Å². The summed E-state index contributed by atoms with van der Waals surface area (Å²) >= 11 is 1.95. The third-order valence-electron chi connectivity index (χ3n) is 3.23. The maximum Gasteiger partial charge on any atom is 0.0962 e. The standard InChI is InChI=1S/C14H22N2S/c1-2-9-15-12-6-5-7-13(11-12)17-14-8-3-4-10-16-14/h3-4,8,10,12-13,15H,2,5-7,9,11H2,1H3. The van der Waals surface area contributed by atoms with Crippen LogP contribution in [0.1, 0.15) is 39.0 Å². The third-order valence-corrected chi connectivity index (χ3v) is 4.48. The van der Waals surface area contributed by atoms with Crippen molar-refractivity contribution in [3.63, 3.8) is 0 Å². The Bertz CT molecular complexity index is 315. The molecule has 1 aliphatic carbocycles. The molecule has 2 atom stereocenters. The zero-order valence-corrected chi connectivity index (χ0v) is 11.4. The quantitative estimate of drug-likeness (QED) is 0.866. The number of hydrogen-bond acceptors (Lipinski definition) is 3. The van der Waals surface area contributed by atoms with Crippen LogP contribution in [0, 0.1) is 0 Å². The van der Waals surface area contributed by atoms with Gasteiger partial charge in [0.2, 0.25) is 0 Å². The van der Waals surface area contributed by atoms with Crippen LogP contribution < -0.4 is 5.32 Å². The summed E-state index contributed by atoms with van der Waals surface area (Å²) in [6.07, 6.45) is 8.45. The van der Waals surface area contributed by atoms with Gasteiger partial charge in [0.1, 0.15) is 0 Å². The van der Waals surface area contributed by atoms with E-state index in [-0.39, 0.29) is 0 Å². The van der Waals surface area contributed by atoms with E-state index in [1.807, 2.05) is 24.0 Å². The van der Waals surface area contributed by atoms with Gasteiger partial charge in [-0.1, -0.05) is 19.4 Å². The van der Waals surface area contributed by atoms with Crippen LogP contribution in [0.2, 0.25) is 0 Å². The number of thioether (sulfide) groups is 1. The topological polar surface area (TPSA) is 24.9 Å². The molecule has 1 saturated carbocycles. The zero-order valence-electron chi connectivity index (χ0n) is 10.6. The van der Waals surface area contributed by atoms with E-state index in [4.69, 9.17) is 0 Å². The molecule has 1 N–H and O–H groups in total. The van der Waals surface area contributed by atoms with Crippen molar-refractivity contribution in [2.45, 2.75) is 55.3 Å². The minimum Gasteiger partial charge on any atom is -0.314 e. The van der Waals surface area contributed by atoms with Crippen LogP contribution in [-0.2, 0) is 0 Å². The molecule has 0 amide bonds. The van der Waals surface area contributed by atoms with Crippen molar-refractivity contribution in [2.75, 3.05) is 6.54 Å². The predicted molar refractivity (Wildman–Crippen MR) is 74.4 cm³/mol. The third kappa shape index (κ3) is 4.32. The molecule has 2 unspecified atom stereocenters. The Morgan fingerprint density at radius 3 is 3.12 bits per heavy atom. The van der Waals surface area contributed by atoms with Gasteiger partial charge in [0.15, 0.2) is 0 Å². The Morgan fingerprint density at radius 2 is 2.35 bits per heavy atom. The average molecular weight is 250 g/mol. The van der Waals surface area contributed by atoms with Crippen molar-refractivity contribution in [3.05, 3.63) is 24.4 Å². The lowest BCUT2D eigenvalue weighted by Gasteiger charge is -2.29. The average Bonchev–Trinajstić information content (AvgIpc) is 2.38. The fourth-order valence-corrected chi connectivity index (χ4v) is 3.61. The van der Waals surface area contributed by atoms with Crippen LogP contribution in [0.25, 0.3) is 0 Å². The van der Waals surface area contributed by atoms with E-state index < -0.39 is 0 Å². The van der Waals surface area contributed by atoms with Gasteiger partial charge in [0.25, 0.3) is 0 Å². The van der Waals surface area contributed by atoms with Crippen LogP contribution in [0.3, 0.4) is 0 Å². The fraction of sp³-hybridized carbons (Fsp3) is 0.643. The lowest BCUT2D eigenvalue weighted by molar-refractivity contribution is 0.381. The summed E-state index contributed by atoms with van der Waals surface area (Å²) in [4.78, 5) is 4.40. The van der Waals surface area contributed by atoms with Crippen molar-refractivity contribution < 1.29 is 0 Å². The van der Waals surface area contributed by atoms with Crippen molar-refractivity contribution in [2.24, 2.45) is 0 Å². The van der Waals surface area contributed by atoms with Gasteiger partial charge in [-0.3, -0.25) is 0 Å². The number of hydrogen-bond donors (Lipinski definition) is 1. The monoisotopic (exact) mass is 250 g/mol. The first-order chi connectivity index (χ1) is 8.38. The van der Waals surface area contributed by atoms with Gasteiger partial charge in [-0.05, 0) is 44.4 Å². The normalized spacial score (nSPS) is 24.8. The molecule has 2 rings (SSSR count). The zero-order chi connectivity index (χ0) is 11.9. The Hall–Kier alpha value is -0.540. The minimum absolute atomic E-state index is 0.727. The van der Waals surface area contributed by atoms with E-state index in [1.165, 1.54) is 37.1 Å². The molecule has 0 radical (unpaired) electrons. The maximum absolute atomic E-state index is 4.40. The highest BCUT2D eigenvalue weighted by Gasteiger charge is 2.22. The molecule has 3 heteroatoms. The molecule has 0 spiro atoms. The number of nitrogens with zero attached hydrogens (tertiary/aromatic N) is 1. The van der Waals surface area contributed by atoms with E-state index in [0.717, 1.165) is 17.8 Å². The van der Waals surface area contributed by atoms with Crippen LogP contribution in [-0.4, -0.2) is 22.8 Å². The van der Waals surface area contributed by atoms with Crippen molar-refractivity contribution in [1.29, 1.82) is 0 Å². The fourth-order valence-electron chi connectivity index (χ4n) is 2.37. The molecule has 94 valence electrons. The minimum atomic E-state index is 0.727. The van der Waals surface area contributed by atoms with Crippen molar-refractivity contribution >= 4 is 11.8 Å². The van der Waals surface area contributed by atoms with Crippen LogP contribution >= 0.6 is 11.8 Å². The second kappa shape index (κ2) is 7.02. The van der Waals surface area contributed by atoms with Gasteiger partial charge < -0.3 is 5.32 Å². The Labute approximate surface area is 109 Å². The molecule has 1 aliphatic rings. The van der Waals surface area contributed by atoms with Crippen LogP contribution in [0.15, 0.2) is 29.4 Å². The molecule has 1 fully saturated rings. The summed E-state index contributed by atoms with van der Waals surface area (Å²) < 4.78 is 0. The molecular formula is C14H22N2S. The Morgan fingerprint density at radius 1 is 1.41 bits per heavy atom. The maximum atomic E-state index is 4.40. The van der Waals surface area contributed by atoms with Gasteiger partial charge in [0.05, 0.1) is 5.03 Å². The molecule has 1 aromatic rings. The highest BCUT2D eigenvalue weighted by atomic mass is 32.2. The summed E-state index contributed by atoms with van der Waals surface area (Å²) in [5.74, 6) is 0. The number of aromatic nitrogens is 1. The molecular weight excluding hydrogens is 228 g/mol. The number of nitrogens with one attached hydrogen (secondary N) is 1. The molecule has 0 bridgehead atoms. The van der Waals surface area contributed by atoms with Crippen molar-refractivity contribution in [3.8, 4) is 0 Å². The van der Waals surface area contributed by atoms with E-state index >= 15 is 0 Å². The second-order valence-electron chi connectivity index (χ2n) is 4.73. The Kier molecular flexibility index (Phi) is 5.33. The first kappa shape index (κ1) is 12.9. The molecule has 1 heterocycles. The smallest absolute Gasteiger partial charge is 0.0962 e. The molecule has 0 saturated heterocycles. The molecule has 2 nitrogen and oxygen atoms in total. The van der Waals surface area contributed by atoms with Gasteiger partial charge >= 0.3 is 0 Å². The SMILES string of the molecule is CCCNC1CCCC(Sc2ccccn2)C1. The largest absolute Gasteiger partial charge is 0.314 e. The van der Waals surface area contributed by atoms with E-state index in [9.17, 15) is 0 Å². The molecule has 1 aromatic heterocycles. The highest BCUT2D eigenvalue weighted by Crippen LogP contribution is 2.32. The Balaban J connectivity index is 1.81. The summed E-state index contributed by atoms with van der Waals surface area (Å²) in [6.45, 7) is 3.39. The van der Waals surface area contributed by atoms with Gasteiger partial charge in [0, 0.05) is 17.5 Å². The molecule has 0 aromatic carbocycles. The molecule has 17 heavy (non-hydrogen) atoms. The lowest BCUT2D eigenvalue weighted by Crippen LogP contribution is -2.35. The summed E-state index contributed by atoms with van der Waals surface area (Å²) in [5, 5.41) is 5.57. The predicted octanol–water partition coefficient (Wildman–Crippen LogP) is 3.48. The van der Waals surface area contributed by atoms with E-state index in [2.05, 4.69) is 29.4 Å². The summed E-state index contributed by atoms with van der Waals surface area (Å²) in [5.41, 5.74) is 0. The van der Waals surface area contributed by atoms with Gasteiger partial charge in [-0.2, -0.15) is 0 Å². The first-order valence-corrected chi connectivity index (χ1v) is 7.57. The first-order valence-electron chi connectivity index (χ1n) is 6.69. The summed E-state index contributed by atoms with van der Waals surface area (Å²) in [6, 6.07) is 6.90. The summed E-state index contributed by atoms with van der Waals surface area (Å²) in [7, 11) is 0. The number of pyridine rings is 1. The second-order valence-corrected chi connectivity index (χ2v) is 6.05. The van der Waals surface area contributed by atoms with Gasteiger partial charge in [-0.25, -0.2) is 4.98 Å². The van der Waals surface area contributed by atoms with Crippen LogP contribution in [0.5, 0.6) is 0 Å². The lowest BCUT2D eigenvalue weighted by atomic mass is 9.95. The highest BCUT2D eigenvalue weighted by molar-refractivity contribution is 7.99. The number of rotatable bonds is 5. The van der Waals surface area contributed by atoms with Crippen LogP contribution in [0.4, 0.5) is 0 Å².